The summed E-state index contributed by atoms with van der Waals surface area (Å²) in [5, 5.41) is 22.9. The third kappa shape index (κ3) is 4.27. The van der Waals surface area contributed by atoms with Crippen LogP contribution in [-0.4, -0.2) is 75.5 Å². The molecule has 0 aromatic carbocycles. The quantitative estimate of drug-likeness (QED) is 0.416. The molecule has 246 valence electrons. The highest BCUT2D eigenvalue weighted by molar-refractivity contribution is 5.34. The van der Waals surface area contributed by atoms with Gasteiger partial charge in [0.05, 0.1) is 32.2 Å². The molecule has 12 unspecified atom stereocenters. The van der Waals surface area contributed by atoms with E-state index in [0.717, 1.165) is 39.0 Å². The molecule has 9 nitrogen and oxygen atoms in total. The molecule has 7 rings (SSSR count). The second-order valence-corrected chi connectivity index (χ2v) is 17.0. The number of anilines is 1. The fourth-order valence-electron chi connectivity index (χ4n) is 12.1. The fourth-order valence-corrected chi connectivity index (χ4v) is 12.1. The lowest BCUT2D eigenvalue weighted by atomic mass is 9.35. The van der Waals surface area contributed by atoms with Crippen LogP contribution in [0.2, 0.25) is 0 Å². The van der Waals surface area contributed by atoms with Crippen molar-refractivity contribution in [3.8, 4) is 0 Å². The van der Waals surface area contributed by atoms with E-state index >= 15 is 0 Å². The molecule has 12 atom stereocenters. The number of rotatable bonds is 6. The Kier molecular flexibility index (Phi) is 7.59. The zero-order chi connectivity index (χ0) is 31.2. The smallest absolute Gasteiger partial charge is 0.260 e. The van der Waals surface area contributed by atoms with E-state index in [4.69, 9.17) is 15.2 Å². The van der Waals surface area contributed by atoms with Crippen LogP contribution in [0, 0.1) is 57.2 Å². The molecule has 0 spiro atoms. The summed E-state index contributed by atoms with van der Waals surface area (Å²) in [6.45, 7) is 21.0. The van der Waals surface area contributed by atoms with Gasteiger partial charge in [-0.25, -0.2) is 0 Å². The summed E-state index contributed by atoms with van der Waals surface area (Å²) in [4.78, 5) is 3.83. The zero-order valence-corrected chi connectivity index (χ0v) is 28.3. The molecule has 0 radical (unpaired) electrons. The van der Waals surface area contributed by atoms with Gasteiger partial charge >= 0.3 is 0 Å². The van der Waals surface area contributed by atoms with E-state index in [1.54, 1.807) is 10.4 Å². The van der Waals surface area contributed by atoms with Crippen LogP contribution in [0.5, 0.6) is 0 Å². The maximum absolute atomic E-state index is 9.74. The summed E-state index contributed by atoms with van der Waals surface area (Å²) in [7, 11) is 0. The topological polar surface area (TPSA) is 112 Å². The van der Waals surface area contributed by atoms with E-state index in [1.165, 1.54) is 25.7 Å². The van der Waals surface area contributed by atoms with E-state index in [9.17, 15) is 5.11 Å². The van der Waals surface area contributed by atoms with Crippen molar-refractivity contribution >= 4 is 5.95 Å². The molecular weight excluding hydrogens is 552 g/mol. The van der Waals surface area contributed by atoms with Gasteiger partial charge in [-0.1, -0.05) is 65.2 Å². The number of aliphatic hydroxyl groups excluding tert-OH is 1. The molecule has 3 N–H and O–H groups in total. The van der Waals surface area contributed by atoms with E-state index in [-0.39, 0.29) is 53.1 Å². The Balaban J connectivity index is 1.26. The first-order valence-corrected chi connectivity index (χ1v) is 17.7. The van der Waals surface area contributed by atoms with Gasteiger partial charge in [-0.2, -0.15) is 4.80 Å². The molecule has 5 fully saturated rings. The molecule has 3 saturated carbocycles. The lowest BCUT2D eigenvalue weighted by Gasteiger charge is -2.70. The van der Waals surface area contributed by atoms with Gasteiger partial charge in [-0.3, -0.25) is 4.90 Å². The molecule has 1 aromatic rings. The summed E-state index contributed by atoms with van der Waals surface area (Å²) in [5.41, 5.74) is 8.56. The van der Waals surface area contributed by atoms with Gasteiger partial charge in [0.2, 0.25) is 0 Å². The Bertz CT molecular complexity index is 1270. The average Bonchev–Trinajstić information content (AvgIpc) is 3.65. The van der Waals surface area contributed by atoms with E-state index in [2.05, 4.69) is 74.9 Å². The van der Waals surface area contributed by atoms with E-state index in [1.807, 2.05) is 0 Å². The first kappa shape index (κ1) is 31.1. The van der Waals surface area contributed by atoms with Crippen molar-refractivity contribution < 1.29 is 14.6 Å². The predicted molar refractivity (Wildman–Crippen MR) is 170 cm³/mol. The second kappa shape index (κ2) is 10.7. The minimum Gasteiger partial charge on any atom is -0.381 e. The Hall–Kier alpha value is -1.55. The number of nitrogens with zero attached hydrogens (tertiary/aromatic N) is 5. The van der Waals surface area contributed by atoms with Crippen molar-refractivity contribution in [2.75, 3.05) is 38.8 Å². The van der Waals surface area contributed by atoms with Gasteiger partial charge in [0.25, 0.3) is 5.95 Å². The molecular formula is C35H58N6O3. The lowest BCUT2D eigenvalue weighted by molar-refractivity contribution is -0.220. The molecule has 2 saturated heterocycles. The molecule has 4 aliphatic carbocycles. The number of tetrazole rings is 1. The van der Waals surface area contributed by atoms with Crippen LogP contribution in [-0.2, 0) is 9.47 Å². The highest BCUT2D eigenvalue weighted by atomic mass is 16.5. The van der Waals surface area contributed by atoms with Crippen molar-refractivity contribution in [3.05, 3.63) is 11.6 Å². The van der Waals surface area contributed by atoms with Crippen LogP contribution >= 0.6 is 0 Å². The van der Waals surface area contributed by atoms with Gasteiger partial charge in [-0.05, 0) is 96.0 Å². The molecule has 3 heterocycles. The number of ether oxygens (including phenoxy) is 2. The summed E-state index contributed by atoms with van der Waals surface area (Å²) in [6, 6.07) is -0.0469. The standard InChI is InChI=1S/C35H58N6O3/c1-21(2)22(3)32(5)13-14-34(7)27-9-8-26-25-18-43-19-35(26,28(27)10-12-33(34,6)23(32)4)16-29(41-38-31(36)37-39-41)30(25)44-24-11-15-40(17-24)20-42/h10,21-27,29-30,42H,8-9,11-20H2,1-7H3,(H2,36,38). The zero-order valence-electron chi connectivity index (χ0n) is 28.3. The summed E-state index contributed by atoms with van der Waals surface area (Å²) in [5.74, 6) is 3.63. The summed E-state index contributed by atoms with van der Waals surface area (Å²) in [6.07, 6.45) is 10.8. The Labute approximate surface area is 264 Å². The number of nitrogens with two attached hydrogens (primary N) is 1. The van der Waals surface area contributed by atoms with Crippen LogP contribution in [0.3, 0.4) is 0 Å². The highest BCUT2D eigenvalue weighted by Gasteiger charge is 2.68. The minimum absolute atomic E-state index is 0.0366. The van der Waals surface area contributed by atoms with Crippen molar-refractivity contribution in [2.45, 2.75) is 112 Å². The monoisotopic (exact) mass is 610 g/mol. The van der Waals surface area contributed by atoms with Crippen molar-refractivity contribution in [1.29, 1.82) is 0 Å². The lowest BCUT2D eigenvalue weighted by Crippen LogP contribution is -2.65. The average molecular weight is 611 g/mol. The number of fused-ring (bicyclic) bond motifs is 3. The maximum atomic E-state index is 9.74. The maximum Gasteiger partial charge on any atom is 0.260 e. The van der Waals surface area contributed by atoms with Crippen LogP contribution in [0.1, 0.15) is 99.5 Å². The Morgan fingerprint density at radius 1 is 1.14 bits per heavy atom. The second-order valence-electron chi connectivity index (χ2n) is 17.0. The Morgan fingerprint density at radius 3 is 2.61 bits per heavy atom. The molecule has 1 aromatic heterocycles. The number of aliphatic hydroxyl groups is 1. The summed E-state index contributed by atoms with van der Waals surface area (Å²) >= 11 is 0. The summed E-state index contributed by atoms with van der Waals surface area (Å²) < 4.78 is 13.6. The number of hydrogen-bond acceptors (Lipinski definition) is 8. The normalized spacial score (nSPS) is 47.9. The molecule has 9 heteroatoms. The first-order valence-electron chi connectivity index (χ1n) is 17.7. The molecule has 2 bridgehead atoms. The third-order valence-corrected chi connectivity index (χ3v) is 15.5. The van der Waals surface area contributed by atoms with E-state index in [0.29, 0.717) is 41.6 Å². The van der Waals surface area contributed by atoms with Gasteiger partial charge in [0, 0.05) is 24.4 Å². The number of allylic oxidation sites excluding steroid dienone is 1. The highest BCUT2D eigenvalue weighted by Crippen LogP contribution is 2.74. The SMILES string of the molecule is CC(C)C(C)C1(C)CCC2(C)C3CCC4C5COCC4(CC(n4nnc(N)n4)C5OC4CCN(CO)C4)C3=CCC2(C)C1C. The molecule has 44 heavy (non-hydrogen) atoms. The number of hydrogen-bond donors (Lipinski definition) is 2. The molecule has 2 aliphatic heterocycles. The largest absolute Gasteiger partial charge is 0.381 e. The van der Waals surface area contributed by atoms with Crippen molar-refractivity contribution in [3.63, 3.8) is 0 Å². The van der Waals surface area contributed by atoms with Crippen molar-refractivity contribution in [1.82, 2.24) is 25.1 Å². The molecule has 0 amide bonds. The van der Waals surface area contributed by atoms with Crippen LogP contribution in [0.4, 0.5) is 5.95 Å². The first-order chi connectivity index (χ1) is 20.9. The minimum atomic E-state index is -0.0693. The Morgan fingerprint density at radius 2 is 1.93 bits per heavy atom. The van der Waals surface area contributed by atoms with Gasteiger partial charge in [0.1, 0.15) is 6.04 Å². The number of aromatic nitrogens is 4. The van der Waals surface area contributed by atoms with Crippen LogP contribution in [0.25, 0.3) is 0 Å². The van der Waals surface area contributed by atoms with Crippen LogP contribution < -0.4 is 5.73 Å². The van der Waals surface area contributed by atoms with Gasteiger partial charge in [0.15, 0.2) is 0 Å². The van der Waals surface area contributed by atoms with Gasteiger partial charge in [-0.15, -0.1) is 5.10 Å². The third-order valence-electron chi connectivity index (χ3n) is 15.5. The predicted octanol–water partition coefficient (Wildman–Crippen LogP) is 5.34. The fraction of sp³-hybridized carbons (Fsp3) is 0.914. The van der Waals surface area contributed by atoms with Crippen molar-refractivity contribution in [2.24, 2.45) is 57.2 Å². The number of likely N-dealkylation sites (tertiary alicyclic amines) is 1. The van der Waals surface area contributed by atoms with Crippen LogP contribution in [0.15, 0.2) is 11.6 Å². The number of nitrogen functional groups attached to an aromatic ring is 1. The van der Waals surface area contributed by atoms with Gasteiger partial charge < -0.3 is 20.3 Å². The van der Waals surface area contributed by atoms with E-state index < -0.39 is 0 Å². The molecule has 6 aliphatic rings.